The monoisotopic (exact) mass is 350 g/mol. The van der Waals surface area contributed by atoms with Crippen LogP contribution in [-0.2, 0) is 10.1 Å². The molecule has 0 radical (unpaired) electrons. The minimum Gasteiger partial charge on any atom is -0.496 e. The van der Waals surface area contributed by atoms with Gasteiger partial charge in [-0.2, -0.15) is 8.42 Å². The minimum atomic E-state index is -4.16. The van der Waals surface area contributed by atoms with E-state index in [1.54, 1.807) is 19.2 Å². The Morgan fingerprint density at radius 2 is 1.67 bits per heavy atom. The normalized spacial score (nSPS) is 13.1. The Labute approximate surface area is 144 Å². The van der Waals surface area contributed by atoms with Gasteiger partial charge in [-0.05, 0) is 23.4 Å². The zero-order valence-electron chi connectivity index (χ0n) is 14.4. The fourth-order valence-corrected chi connectivity index (χ4v) is 4.14. The molecule has 0 aliphatic rings. The molecular weight excluding hydrogens is 324 g/mol. The highest BCUT2D eigenvalue weighted by molar-refractivity contribution is 7.86. The Kier molecular flexibility index (Phi) is 6.63. The average molecular weight is 350 g/mol. The van der Waals surface area contributed by atoms with Crippen molar-refractivity contribution in [2.24, 2.45) is 0 Å². The van der Waals surface area contributed by atoms with Crippen molar-refractivity contribution in [3.8, 4) is 5.75 Å². The van der Waals surface area contributed by atoms with E-state index in [0.717, 1.165) is 42.9 Å². The molecule has 0 saturated heterocycles. The maximum absolute atomic E-state index is 12.0. The van der Waals surface area contributed by atoms with E-state index in [2.05, 4.69) is 6.92 Å². The molecule has 4 nitrogen and oxygen atoms in total. The standard InChI is InChI=1S/C19H26O4S/c1-3-4-5-6-7-12-19(24(20,21)22)17-13-14-18(23-2)16-11-9-8-10-15(16)17/h8-11,13-14,19H,3-7,12H2,1-2H3,(H,20,21,22). The fraction of sp³-hybridized carbons (Fsp3) is 0.474. The molecule has 0 spiro atoms. The van der Waals surface area contributed by atoms with Crippen LogP contribution in [0.4, 0.5) is 0 Å². The van der Waals surface area contributed by atoms with Crippen LogP contribution in [0.15, 0.2) is 36.4 Å². The fourth-order valence-electron chi connectivity index (χ4n) is 3.15. The predicted octanol–water partition coefficient (Wildman–Crippen LogP) is 5.14. The van der Waals surface area contributed by atoms with Crippen LogP contribution < -0.4 is 4.74 Å². The summed E-state index contributed by atoms with van der Waals surface area (Å²) in [6.07, 6.45) is 5.59. The molecule has 2 rings (SSSR count). The van der Waals surface area contributed by atoms with Crippen LogP contribution in [-0.4, -0.2) is 20.1 Å². The highest BCUT2D eigenvalue weighted by atomic mass is 32.2. The summed E-state index contributed by atoms with van der Waals surface area (Å²) in [4.78, 5) is 0. The molecule has 0 aromatic heterocycles. The van der Waals surface area contributed by atoms with Gasteiger partial charge >= 0.3 is 0 Å². The van der Waals surface area contributed by atoms with Crippen molar-refractivity contribution in [1.29, 1.82) is 0 Å². The molecule has 132 valence electrons. The lowest BCUT2D eigenvalue weighted by Crippen LogP contribution is -2.13. The lowest BCUT2D eigenvalue weighted by atomic mass is 9.98. The Morgan fingerprint density at radius 3 is 2.29 bits per heavy atom. The van der Waals surface area contributed by atoms with Crippen LogP contribution in [0.3, 0.4) is 0 Å². The van der Waals surface area contributed by atoms with Gasteiger partial charge in [0.2, 0.25) is 0 Å². The Balaban J connectivity index is 2.35. The topological polar surface area (TPSA) is 63.6 Å². The van der Waals surface area contributed by atoms with Crippen molar-refractivity contribution in [1.82, 2.24) is 0 Å². The number of hydrogen-bond acceptors (Lipinski definition) is 3. The molecule has 0 amide bonds. The summed E-state index contributed by atoms with van der Waals surface area (Å²) in [5, 5.41) is 0.778. The van der Waals surface area contributed by atoms with E-state index in [0.29, 0.717) is 17.7 Å². The van der Waals surface area contributed by atoms with Gasteiger partial charge in [0.1, 0.15) is 11.0 Å². The van der Waals surface area contributed by atoms with E-state index in [4.69, 9.17) is 4.74 Å². The molecule has 24 heavy (non-hydrogen) atoms. The van der Waals surface area contributed by atoms with Gasteiger partial charge in [-0.3, -0.25) is 4.55 Å². The summed E-state index contributed by atoms with van der Waals surface area (Å²) < 4.78 is 39.1. The van der Waals surface area contributed by atoms with Gasteiger partial charge in [0, 0.05) is 5.39 Å². The number of benzene rings is 2. The second kappa shape index (κ2) is 8.49. The number of fused-ring (bicyclic) bond motifs is 1. The highest BCUT2D eigenvalue weighted by Gasteiger charge is 2.26. The van der Waals surface area contributed by atoms with E-state index in [1.165, 1.54) is 0 Å². The molecule has 0 saturated carbocycles. The summed E-state index contributed by atoms with van der Waals surface area (Å²) in [6, 6.07) is 11.1. The van der Waals surface area contributed by atoms with Crippen LogP contribution >= 0.6 is 0 Å². The van der Waals surface area contributed by atoms with Gasteiger partial charge in [0.15, 0.2) is 0 Å². The predicted molar refractivity (Wildman–Crippen MR) is 98.2 cm³/mol. The van der Waals surface area contributed by atoms with E-state index in [1.807, 2.05) is 24.3 Å². The number of ether oxygens (including phenoxy) is 1. The second-order valence-electron chi connectivity index (χ2n) is 6.11. The van der Waals surface area contributed by atoms with E-state index >= 15 is 0 Å². The molecule has 0 heterocycles. The zero-order chi connectivity index (χ0) is 17.6. The molecule has 0 aliphatic heterocycles. The van der Waals surface area contributed by atoms with Crippen molar-refractivity contribution in [3.05, 3.63) is 42.0 Å². The van der Waals surface area contributed by atoms with Crippen molar-refractivity contribution in [2.45, 2.75) is 50.7 Å². The van der Waals surface area contributed by atoms with Crippen LogP contribution in [0.2, 0.25) is 0 Å². The van der Waals surface area contributed by atoms with Crippen molar-refractivity contribution in [3.63, 3.8) is 0 Å². The van der Waals surface area contributed by atoms with E-state index in [-0.39, 0.29) is 0 Å². The zero-order valence-corrected chi connectivity index (χ0v) is 15.2. The first-order valence-electron chi connectivity index (χ1n) is 8.51. The van der Waals surface area contributed by atoms with Crippen molar-refractivity contribution in [2.75, 3.05) is 7.11 Å². The number of rotatable bonds is 9. The molecule has 1 atom stereocenters. The van der Waals surface area contributed by atoms with Crippen LogP contribution in [0.1, 0.15) is 56.3 Å². The SMILES string of the molecule is CCCCCCCC(c1ccc(OC)c2ccccc12)S(=O)(=O)O. The first kappa shape index (κ1) is 18.7. The summed E-state index contributed by atoms with van der Waals surface area (Å²) in [5.41, 5.74) is 0.643. The first-order chi connectivity index (χ1) is 11.5. The maximum Gasteiger partial charge on any atom is 0.272 e. The van der Waals surface area contributed by atoms with Gasteiger partial charge in [-0.1, -0.05) is 69.4 Å². The van der Waals surface area contributed by atoms with Crippen LogP contribution in [0.5, 0.6) is 5.75 Å². The van der Waals surface area contributed by atoms with Gasteiger partial charge < -0.3 is 4.74 Å². The van der Waals surface area contributed by atoms with E-state index < -0.39 is 15.4 Å². The van der Waals surface area contributed by atoms with Crippen LogP contribution in [0.25, 0.3) is 10.8 Å². The van der Waals surface area contributed by atoms with Gasteiger partial charge in [-0.15, -0.1) is 0 Å². The molecule has 1 N–H and O–H groups in total. The molecule has 5 heteroatoms. The van der Waals surface area contributed by atoms with Gasteiger partial charge in [0.25, 0.3) is 10.1 Å². The first-order valence-corrected chi connectivity index (χ1v) is 10.0. The third kappa shape index (κ3) is 4.48. The summed E-state index contributed by atoms with van der Waals surface area (Å²) in [7, 11) is -2.57. The summed E-state index contributed by atoms with van der Waals surface area (Å²) >= 11 is 0. The van der Waals surface area contributed by atoms with Crippen molar-refractivity contribution < 1.29 is 17.7 Å². The third-order valence-corrected chi connectivity index (χ3v) is 5.62. The molecular formula is C19H26O4S. The molecule has 0 aliphatic carbocycles. The summed E-state index contributed by atoms with van der Waals surface area (Å²) in [5.74, 6) is 0.700. The second-order valence-corrected chi connectivity index (χ2v) is 7.71. The number of methoxy groups -OCH3 is 1. The van der Waals surface area contributed by atoms with Gasteiger partial charge in [-0.25, -0.2) is 0 Å². The number of hydrogen-bond donors (Lipinski definition) is 1. The largest absolute Gasteiger partial charge is 0.496 e. The lowest BCUT2D eigenvalue weighted by molar-refractivity contribution is 0.419. The molecule has 1 unspecified atom stereocenters. The van der Waals surface area contributed by atoms with Gasteiger partial charge in [0.05, 0.1) is 7.11 Å². The quantitative estimate of drug-likeness (QED) is 0.502. The lowest BCUT2D eigenvalue weighted by Gasteiger charge is -2.18. The van der Waals surface area contributed by atoms with Crippen LogP contribution in [0, 0.1) is 0 Å². The average Bonchev–Trinajstić information content (AvgIpc) is 2.56. The minimum absolute atomic E-state index is 0.429. The Bertz CT molecular complexity index is 768. The Morgan fingerprint density at radius 1 is 1.00 bits per heavy atom. The molecule has 0 fully saturated rings. The smallest absolute Gasteiger partial charge is 0.272 e. The Hall–Kier alpha value is -1.59. The summed E-state index contributed by atoms with van der Waals surface area (Å²) in [6.45, 7) is 2.14. The van der Waals surface area contributed by atoms with E-state index in [9.17, 15) is 13.0 Å². The molecule has 2 aromatic rings. The molecule has 2 aromatic carbocycles. The molecule has 0 bridgehead atoms. The maximum atomic E-state index is 12.0. The number of unbranched alkanes of at least 4 members (excludes halogenated alkanes) is 4. The highest BCUT2D eigenvalue weighted by Crippen LogP contribution is 2.36. The van der Waals surface area contributed by atoms with Crippen molar-refractivity contribution >= 4 is 20.9 Å². The third-order valence-electron chi connectivity index (χ3n) is 4.41.